The molecule has 0 saturated carbocycles. The van der Waals surface area contributed by atoms with Crippen LogP contribution in [0.3, 0.4) is 0 Å². The monoisotopic (exact) mass is 286 g/mol. The summed E-state index contributed by atoms with van der Waals surface area (Å²) in [7, 11) is 0. The summed E-state index contributed by atoms with van der Waals surface area (Å²) in [5.41, 5.74) is 6.43. The third kappa shape index (κ3) is 5.72. The van der Waals surface area contributed by atoms with Crippen molar-refractivity contribution in [1.82, 2.24) is 5.32 Å². The molecule has 3 N–H and O–H groups in total. The number of hydrogen-bond donors (Lipinski definition) is 2. The van der Waals surface area contributed by atoms with Crippen LogP contribution < -0.4 is 11.1 Å². The maximum Gasteiger partial charge on any atom is 0.325 e. The predicted molar refractivity (Wildman–Crippen MR) is 75.1 cm³/mol. The number of esters is 1. The lowest BCUT2D eigenvalue weighted by atomic mass is 9.98. The van der Waals surface area contributed by atoms with Crippen molar-refractivity contribution in [2.45, 2.75) is 12.8 Å². The fourth-order valence-electron chi connectivity index (χ4n) is 1.57. The van der Waals surface area contributed by atoms with Crippen molar-refractivity contribution in [2.24, 2.45) is 5.73 Å². The van der Waals surface area contributed by atoms with Crippen LogP contribution >= 0.6 is 12.4 Å². The van der Waals surface area contributed by atoms with Crippen LogP contribution in [0.2, 0.25) is 0 Å². The van der Waals surface area contributed by atoms with Crippen molar-refractivity contribution in [3.05, 3.63) is 35.9 Å². The summed E-state index contributed by atoms with van der Waals surface area (Å²) in [6, 6.07) is 9.23. The van der Waals surface area contributed by atoms with E-state index in [2.05, 4.69) is 5.32 Å². The number of nitrogens with one attached hydrogen (secondary N) is 1. The van der Waals surface area contributed by atoms with Crippen molar-refractivity contribution >= 4 is 24.3 Å². The SMILES string of the molecule is CCOC(=O)CNC(=O)C(CN)c1ccccc1.Cl. The second-order valence-corrected chi connectivity index (χ2v) is 3.72. The Hall–Kier alpha value is -1.59. The van der Waals surface area contributed by atoms with Gasteiger partial charge in [0, 0.05) is 6.54 Å². The molecule has 0 radical (unpaired) electrons. The van der Waals surface area contributed by atoms with Crippen molar-refractivity contribution in [3.8, 4) is 0 Å². The summed E-state index contributed by atoms with van der Waals surface area (Å²) in [4.78, 5) is 23.0. The zero-order valence-electron chi connectivity index (χ0n) is 10.8. The number of carbonyl (C=O) groups is 2. The van der Waals surface area contributed by atoms with Gasteiger partial charge >= 0.3 is 5.97 Å². The fraction of sp³-hybridized carbons (Fsp3) is 0.385. The van der Waals surface area contributed by atoms with Crippen LogP contribution in [0.25, 0.3) is 0 Å². The first-order valence-corrected chi connectivity index (χ1v) is 5.87. The molecular formula is C13H19ClN2O3. The normalized spacial score (nSPS) is 11.1. The van der Waals surface area contributed by atoms with Crippen molar-refractivity contribution in [3.63, 3.8) is 0 Å². The maximum atomic E-state index is 11.9. The first-order valence-electron chi connectivity index (χ1n) is 5.87. The van der Waals surface area contributed by atoms with Crippen LogP contribution in [0.4, 0.5) is 0 Å². The van der Waals surface area contributed by atoms with Gasteiger partial charge in [0.05, 0.1) is 12.5 Å². The Morgan fingerprint density at radius 1 is 1.32 bits per heavy atom. The number of carbonyl (C=O) groups excluding carboxylic acids is 2. The van der Waals surface area contributed by atoms with Gasteiger partial charge in [-0.05, 0) is 12.5 Å². The number of hydrogen-bond acceptors (Lipinski definition) is 4. The first kappa shape index (κ1) is 17.4. The van der Waals surface area contributed by atoms with E-state index in [9.17, 15) is 9.59 Å². The molecule has 0 heterocycles. The predicted octanol–water partition coefficient (Wildman–Crippen LogP) is 0.830. The Kier molecular flexibility index (Phi) is 8.57. The molecule has 1 unspecified atom stereocenters. The summed E-state index contributed by atoms with van der Waals surface area (Å²) < 4.78 is 4.73. The van der Waals surface area contributed by atoms with Gasteiger partial charge in [0.25, 0.3) is 0 Å². The highest BCUT2D eigenvalue weighted by Gasteiger charge is 2.19. The smallest absolute Gasteiger partial charge is 0.325 e. The lowest BCUT2D eigenvalue weighted by Gasteiger charge is -2.14. The van der Waals surface area contributed by atoms with Crippen molar-refractivity contribution in [2.75, 3.05) is 19.7 Å². The van der Waals surface area contributed by atoms with E-state index in [0.29, 0.717) is 6.61 Å². The molecule has 5 nitrogen and oxygen atoms in total. The van der Waals surface area contributed by atoms with Crippen LogP contribution in [-0.2, 0) is 14.3 Å². The zero-order chi connectivity index (χ0) is 13.4. The molecule has 0 spiro atoms. The van der Waals surface area contributed by atoms with E-state index in [-0.39, 0.29) is 31.4 Å². The van der Waals surface area contributed by atoms with E-state index < -0.39 is 11.9 Å². The lowest BCUT2D eigenvalue weighted by molar-refractivity contribution is -0.143. The van der Waals surface area contributed by atoms with Gasteiger partial charge in [-0.25, -0.2) is 0 Å². The second-order valence-electron chi connectivity index (χ2n) is 3.72. The van der Waals surface area contributed by atoms with Crippen LogP contribution in [0.15, 0.2) is 30.3 Å². The van der Waals surface area contributed by atoms with E-state index in [1.165, 1.54) is 0 Å². The minimum absolute atomic E-state index is 0. The Bertz CT molecular complexity index is 398. The Labute approximate surface area is 118 Å². The van der Waals surface area contributed by atoms with Crippen molar-refractivity contribution < 1.29 is 14.3 Å². The van der Waals surface area contributed by atoms with Crippen LogP contribution in [0, 0.1) is 0 Å². The number of benzene rings is 1. The molecule has 1 aromatic rings. The van der Waals surface area contributed by atoms with Gasteiger partial charge in [-0.2, -0.15) is 0 Å². The molecule has 0 saturated heterocycles. The van der Waals surface area contributed by atoms with Crippen LogP contribution in [0.5, 0.6) is 0 Å². The average Bonchev–Trinajstić information content (AvgIpc) is 2.39. The number of amides is 1. The van der Waals surface area contributed by atoms with E-state index in [0.717, 1.165) is 5.56 Å². The van der Waals surface area contributed by atoms with Gasteiger partial charge in [0.15, 0.2) is 0 Å². The Morgan fingerprint density at radius 2 is 1.95 bits per heavy atom. The molecule has 1 rings (SSSR count). The first-order chi connectivity index (χ1) is 8.69. The number of nitrogens with two attached hydrogens (primary N) is 1. The van der Waals surface area contributed by atoms with Gasteiger partial charge in [-0.1, -0.05) is 30.3 Å². The van der Waals surface area contributed by atoms with Gasteiger partial charge in [0.1, 0.15) is 6.54 Å². The van der Waals surface area contributed by atoms with E-state index in [1.807, 2.05) is 30.3 Å². The van der Waals surface area contributed by atoms with Crippen molar-refractivity contribution in [1.29, 1.82) is 0 Å². The second kappa shape index (κ2) is 9.35. The molecule has 0 bridgehead atoms. The minimum atomic E-state index is -0.449. The summed E-state index contributed by atoms with van der Waals surface area (Å²) in [5, 5.41) is 2.52. The third-order valence-corrected chi connectivity index (χ3v) is 2.47. The number of halogens is 1. The van der Waals surface area contributed by atoms with Crippen LogP contribution in [0.1, 0.15) is 18.4 Å². The minimum Gasteiger partial charge on any atom is -0.465 e. The van der Waals surface area contributed by atoms with Gasteiger partial charge < -0.3 is 15.8 Å². The average molecular weight is 287 g/mol. The molecule has 0 aliphatic carbocycles. The Morgan fingerprint density at radius 3 is 2.47 bits per heavy atom. The molecule has 0 fully saturated rings. The molecule has 0 aromatic heterocycles. The topological polar surface area (TPSA) is 81.4 Å². The molecule has 1 aromatic carbocycles. The van der Waals surface area contributed by atoms with Crippen LogP contribution in [-0.4, -0.2) is 31.6 Å². The quantitative estimate of drug-likeness (QED) is 0.759. The zero-order valence-corrected chi connectivity index (χ0v) is 11.6. The maximum absolute atomic E-state index is 11.9. The lowest BCUT2D eigenvalue weighted by Crippen LogP contribution is -2.37. The molecule has 106 valence electrons. The number of ether oxygens (including phenoxy) is 1. The summed E-state index contributed by atoms with van der Waals surface area (Å²) in [5.74, 6) is -1.16. The Balaban J connectivity index is 0.00000324. The number of rotatable bonds is 6. The summed E-state index contributed by atoms with van der Waals surface area (Å²) >= 11 is 0. The molecule has 0 aliphatic rings. The highest BCUT2D eigenvalue weighted by molar-refractivity contribution is 5.87. The summed E-state index contributed by atoms with van der Waals surface area (Å²) in [6.45, 7) is 2.08. The standard InChI is InChI=1S/C13H18N2O3.ClH/c1-2-18-12(16)9-15-13(17)11(8-14)10-6-4-3-5-7-10;/h3-7,11H,2,8-9,14H2,1H3,(H,15,17);1H. The van der Waals surface area contributed by atoms with Gasteiger partial charge in [-0.3, -0.25) is 9.59 Å². The van der Waals surface area contributed by atoms with Gasteiger partial charge in [-0.15, -0.1) is 12.4 Å². The molecule has 1 amide bonds. The van der Waals surface area contributed by atoms with E-state index in [1.54, 1.807) is 6.92 Å². The largest absolute Gasteiger partial charge is 0.465 e. The highest BCUT2D eigenvalue weighted by atomic mass is 35.5. The molecule has 19 heavy (non-hydrogen) atoms. The molecule has 0 aliphatic heterocycles. The highest BCUT2D eigenvalue weighted by Crippen LogP contribution is 2.13. The van der Waals surface area contributed by atoms with Gasteiger partial charge in [0.2, 0.25) is 5.91 Å². The fourth-order valence-corrected chi connectivity index (χ4v) is 1.57. The molecule has 1 atom stereocenters. The molecular weight excluding hydrogens is 268 g/mol. The van der Waals surface area contributed by atoms with E-state index >= 15 is 0 Å². The third-order valence-electron chi connectivity index (χ3n) is 2.47. The molecule has 6 heteroatoms. The summed E-state index contributed by atoms with van der Waals surface area (Å²) in [6.07, 6.45) is 0. The van der Waals surface area contributed by atoms with E-state index in [4.69, 9.17) is 10.5 Å².